The normalized spacial score (nSPS) is 14.2. The first-order valence-corrected chi connectivity index (χ1v) is 10.5. The highest BCUT2D eigenvalue weighted by molar-refractivity contribution is 7.80. The van der Waals surface area contributed by atoms with Gasteiger partial charge in [0.1, 0.15) is 12.2 Å². The van der Waals surface area contributed by atoms with Gasteiger partial charge in [0, 0.05) is 14.1 Å². The number of halogens is 1. The fourth-order valence-electron chi connectivity index (χ4n) is 3.17. The summed E-state index contributed by atoms with van der Waals surface area (Å²) in [5.41, 5.74) is 2.67. The lowest BCUT2D eigenvalue weighted by molar-refractivity contribution is -0.132. The molecule has 0 radical (unpaired) electrons. The maximum atomic E-state index is 12.6. The third-order valence-corrected chi connectivity index (χ3v) is 5.58. The summed E-state index contributed by atoms with van der Waals surface area (Å²) >= 11 is 11.6. The number of likely N-dealkylation sites (N-methyl/N-ethyl adjacent to an activating group) is 2. The van der Waals surface area contributed by atoms with Crippen molar-refractivity contribution in [3.63, 3.8) is 0 Å². The molecule has 0 aliphatic carbocycles. The van der Waals surface area contributed by atoms with Gasteiger partial charge < -0.3 is 9.47 Å². The number of nitrogens with zero attached hydrogens (tertiary/aromatic N) is 2. The number of aryl methyl sites for hydroxylation is 1. The summed E-state index contributed by atoms with van der Waals surface area (Å²) in [5, 5.41) is 0.471. The largest absolute Gasteiger partial charge is 0.490 e. The second-order valence-corrected chi connectivity index (χ2v) is 7.88. The average molecular weight is 459 g/mol. The van der Waals surface area contributed by atoms with E-state index < -0.39 is 11.8 Å². The zero-order valence-electron chi connectivity index (χ0n) is 17.8. The highest BCUT2D eigenvalue weighted by Crippen LogP contribution is 2.38. The van der Waals surface area contributed by atoms with Crippen LogP contribution in [0.3, 0.4) is 0 Å². The third-order valence-electron chi connectivity index (χ3n) is 4.75. The molecular formula is C23H23ClN2O4S. The van der Waals surface area contributed by atoms with Crippen LogP contribution in [-0.2, 0) is 16.2 Å². The molecule has 0 atom stereocenters. The quantitative estimate of drug-likeness (QED) is 0.368. The molecule has 1 aliphatic heterocycles. The Hall–Kier alpha value is -2.90. The van der Waals surface area contributed by atoms with Crippen LogP contribution in [0.1, 0.15) is 23.6 Å². The van der Waals surface area contributed by atoms with Gasteiger partial charge in [0.15, 0.2) is 16.6 Å². The Bertz CT molecular complexity index is 1060. The molecule has 0 N–H and O–H groups in total. The fourth-order valence-corrected chi connectivity index (χ4v) is 3.61. The molecule has 1 saturated heterocycles. The Morgan fingerprint density at radius 3 is 2.35 bits per heavy atom. The Morgan fingerprint density at radius 2 is 1.74 bits per heavy atom. The molecule has 162 valence electrons. The van der Waals surface area contributed by atoms with Crippen LogP contribution in [0, 0.1) is 6.92 Å². The van der Waals surface area contributed by atoms with E-state index in [1.807, 2.05) is 38.1 Å². The van der Waals surface area contributed by atoms with Crippen LogP contribution in [0.2, 0.25) is 5.02 Å². The van der Waals surface area contributed by atoms with Crippen molar-refractivity contribution in [3.05, 3.63) is 63.7 Å². The van der Waals surface area contributed by atoms with E-state index >= 15 is 0 Å². The molecule has 6 nitrogen and oxygen atoms in total. The van der Waals surface area contributed by atoms with Crippen LogP contribution in [0.15, 0.2) is 42.0 Å². The molecule has 0 bridgehead atoms. The van der Waals surface area contributed by atoms with E-state index in [4.69, 9.17) is 33.3 Å². The van der Waals surface area contributed by atoms with E-state index in [-0.39, 0.29) is 10.7 Å². The van der Waals surface area contributed by atoms with Gasteiger partial charge in [-0.15, -0.1) is 0 Å². The zero-order valence-corrected chi connectivity index (χ0v) is 19.3. The van der Waals surface area contributed by atoms with E-state index in [2.05, 4.69) is 0 Å². The molecule has 0 aromatic heterocycles. The van der Waals surface area contributed by atoms with E-state index in [0.717, 1.165) is 11.1 Å². The highest BCUT2D eigenvalue weighted by atomic mass is 35.5. The number of amides is 2. The summed E-state index contributed by atoms with van der Waals surface area (Å²) in [4.78, 5) is 27.7. The number of carbonyl (C=O) groups is 2. The fraction of sp³-hybridized carbons (Fsp3) is 0.261. The van der Waals surface area contributed by atoms with Crippen molar-refractivity contribution in [2.45, 2.75) is 20.5 Å². The maximum Gasteiger partial charge on any atom is 0.265 e. The predicted octanol–water partition coefficient (Wildman–Crippen LogP) is 4.22. The number of hydrogen-bond acceptors (Lipinski definition) is 5. The number of carbonyl (C=O) groups excluding carboxylic acids is 2. The van der Waals surface area contributed by atoms with E-state index in [1.165, 1.54) is 30.0 Å². The second-order valence-electron chi connectivity index (χ2n) is 7.11. The van der Waals surface area contributed by atoms with Gasteiger partial charge in [0.25, 0.3) is 11.8 Å². The molecule has 2 amide bonds. The summed E-state index contributed by atoms with van der Waals surface area (Å²) in [6, 6.07) is 11.3. The van der Waals surface area contributed by atoms with Gasteiger partial charge in [-0.2, -0.15) is 0 Å². The SMILES string of the molecule is CCOc1cc(C=C2C(=O)N(C)C(=S)N(C)C2=O)cc(Cl)c1OCc1cccc(C)c1. The molecule has 8 heteroatoms. The molecule has 31 heavy (non-hydrogen) atoms. The van der Waals surface area contributed by atoms with Gasteiger partial charge in [-0.25, -0.2) is 0 Å². The summed E-state index contributed by atoms with van der Waals surface area (Å²) in [6.07, 6.45) is 1.48. The number of thiocarbonyl (C=S) groups is 1. The molecule has 3 rings (SSSR count). The minimum Gasteiger partial charge on any atom is -0.490 e. The lowest BCUT2D eigenvalue weighted by Gasteiger charge is -2.31. The second kappa shape index (κ2) is 9.49. The van der Waals surface area contributed by atoms with Crippen molar-refractivity contribution in [1.29, 1.82) is 0 Å². The minimum atomic E-state index is -0.470. The molecule has 1 aliphatic rings. The predicted molar refractivity (Wildman–Crippen MR) is 124 cm³/mol. The first-order chi connectivity index (χ1) is 14.7. The van der Waals surface area contributed by atoms with Crippen molar-refractivity contribution in [3.8, 4) is 11.5 Å². The first kappa shape index (κ1) is 22.8. The van der Waals surface area contributed by atoms with Crippen LogP contribution in [0.25, 0.3) is 6.08 Å². The summed E-state index contributed by atoms with van der Waals surface area (Å²) in [7, 11) is 3.06. The smallest absolute Gasteiger partial charge is 0.265 e. The zero-order chi connectivity index (χ0) is 22.7. The average Bonchev–Trinajstić information content (AvgIpc) is 2.73. The first-order valence-electron chi connectivity index (χ1n) is 9.69. The van der Waals surface area contributed by atoms with Crippen LogP contribution in [0.4, 0.5) is 0 Å². The summed E-state index contributed by atoms with van der Waals surface area (Å²) < 4.78 is 11.7. The molecule has 2 aromatic carbocycles. The Labute approximate surface area is 192 Å². The van der Waals surface area contributed by atoms with Gasteiger partial charge in [-0.3, -0.25) is 19.4 Å². The monoisotopic (exact) mass is 458 g/mol. The van der Waals surface area contributed by atoms with Gasteiger partial charge in [-0.1, -0.05) is 41.4 Å². The molecule has 0 unspecified atom stereocenters. The molecule has 2 aromatic rings. The Morgan fingerprint density at radius 1 is 1.06 bits per heavy atom. The standard InChI is InChI=1S/C23H23ClN2O4S/c1-5-29-19-12-16(10-17-21(27)25(3)23(31)26(4)22(17)28)11-18(24)20(19)30-13-15-8-6-7-14(2)9-15/h6-12H,5,13H2,1-4H3. The van der Waals surface area contributed by atoms with Crippen LogP contribution >= 0.6 is 23.8 Å². The van der Waals surface area contributed by atoms with Gasteiger partial charge in [0.05, 0.1) is 11.6 Å². The van der Waals surface area contributed by atoms with Crippen molar-refractivity contribution in [2.75, 3.05) is 20.7 Å². The third kappa shape index (κ3) is 4.89. The van der Waals surface area contributed by atoms with E-state index in [1.54, 1.807) is 12.1 Å². The highest BCUT2D eigenvalue weighted by Gasteiger charge is 2.35. The Balaban J connectivity index is 1.94. The van der Waals surface area contributed by atoms with Gasteiger partial charge in [0.2, 0.25) is 0 Å². The molecule has 0 spiro atoms. The number of hydrogen-bond donors (Lipinski definition) is 0. The van der Waals surface area contributed by atoms with Crippen molar-refractivity contribution >= 4 is 46.8 Å². The van der Waals surface area contributed by atoms with Gasteiger partial charge in [-0.05, 0) is 55.4 Å². The lowest BCUT2D eigenvalue weighted by atomic mass is 10.1. The molecule has 0 saturated carbocycles. The van der Waals surface area contributed by atoms with Crippen molar-refractivity contribution in [1.82, 2.24) is 9.80 Å². The Kier molecular flexibility index (Phi) is 6.97. The maximum absolute atomic E-state index is 12.6. The summed E-state index contributed by atoms with van der Waals surface area (Å²) in [6.45, 7) is 4.59. The van der Waals surface area contributed by atoms with Gasteiger partial charge >= 0.3 is 0 Å². The van der Waals surface area contributed by atoms with Crippen molar-refractivity contribution < 1.29 is 19.1 Å². The number of ether oxygens (including phenoxy) is 2. The molecule has 1 heterocycles. The molecule has 1 fully saturated rings. The minimum absolute atomic E-state index is 0.00876. The number of benzene rings is 2. The van der Waals surface area contributed by atoms with E-state index in [9.17, 15) is 9.59 Å². The number of rotatable bonds is 6. The van der Waals surface area contributed by atoms with Crippen molar-refractivity contribution in [2.24, 2.45) is 0 Å². The lowest BCUT2D eigenvalue weighted by Crippen LogP contribution is -2.52. The van der Waals surface area contributed by atoms with Crippen LogP contribution in [0.5, 0.6) is 11.5 Å². The van der Waals surface area contributed by atoms with E-state index in [0.29, 0.717) is 35.3 Å². The van der Waals surface area contributed by atoms with Crippen LogP contribution < -0.4 is 9.47 Å². The molecular weight excluding hydrogens is 436 g/mol. The summed E-state index contributed by atoms with van der Waals surface area (Å²) in [5.74, 6) is -0.102. The van der Waals surface area contributed by atoms with Crippen LogP contribution in [-0.4, -0.2) is 47.4 Å². The topological polar surface area (TPSA) is 59.1 Å².